The highest BCUT2D eigenvalue weighted by Gasteiger charge is 2.12. The zero-order valence-corrected chi connectivity index (χ0v) is 13.3. The maximum atomic E-state index is 12.4. The molecule has 0 aliphatic rings. The molecule has 2 aromatic carbocycles. The molecule has 1 N–H and O–H groups in total. The second-order valence-corrected chi connectivity index (χ2v) is 5.38. The zero-order valence-electron chi connectivity index (χ0n) is 13.3. The minimum Gasteiger partial charge on any atom is -0.493 e. The van der Waals surface area contributed by atoms with Gasteiger partial charge in [0.15, 0.2) is 0 Å². The van der Waals surface area contributed by atoms with Crippen LogP contribution in [0, 0.1) is 6.92 Å². The summed E-state index contributed by atoms with van der Waals surface area (Å²) in [5.74, 6) is 0.500. The normalized spacial score (nSPS) is 10.3. The lowest BCUT2D eigenvalue weighted by molar-refractivity contribution is 0.102. The number of rotatable bonds is 7. The molecule has 0 aliphatic carbocycles. The fraction of sp³-hybridized carbons (Fsp3) is 0.316. The van der Waals surface area contributed by atoms with Crippen LogP contribution in [0.4, 0.5) is 5.69 Å². The lowest BCUT2D eigenvalue weighted by atomic mass is 10.1. The van der Waals surface area contributed by atoms with Crippen LogP contribution in [-0.4, -0.2) is 12.5 Å². The molecule has 0 bridgehead atoms. The quantitative estimate of drug-likeness (QED) is 0.744. The third-order valence-corrected chi connectivity index (χ3v) is 3.41. The van der Waals surface area contributed by atoms with Crippen LogP contribution in [0.2, 0.25) is 0 Å². The van der Waals surface area contributed by atoms with Crippen molar-refractivity contribution in [3.8, 4) is 5.75 Å². The highest BCUT2D eigenvalue weighted by Crippen LogP contribution is 2.20. The van der Waals surface area contributed by atoms with Gasteiger partial charge in [0.25, 0.3) is 5.91 Å². The predicted molar refractivity (Wildman–Crippen MR) is 90.6 cm³/mol. The molecule has 0 saturated carbocycles. The molecular formula is C19H23NO2. The van der Waals surface area contributed by atoms with Gasteiger partial charge in [0.1, 0.15) is 5.75 Å². The highest BCUT2D eigenvalue weighted by atomic mass is 16.5. The number of benzene rings is 2. The number of carbonyl (C=O) groups is 1. The zero-order chi connectivity index (χ0) is 15.8. The van der Waals surface area contributed by atoms with E-state index in [9.17, 15) is 4.79 Å². The average molecular weight is 297 g/mol. The van der Waals surface area contributed by atoms with Gasteiger partial charge < -0.3 is 10.1 Å². The molecule has 3 heteroatoms. The molecule has 22 heavy (non-hydrogen) atoms. The van der Waals surface area contributed by atoms with Crippen molar-refractivity contribution in [1.82, 2.24) is 0 Å². The molecule has 0 heterocycles. The van der Waals surface area contributed by atoms with Crippen LogP contribution < -0.4 is 10.1 Å². The number of anilines is 1. The van der Waals surface area contributed by atoms with E-state index in [1.807, 2.05) is 49.4 Å². The van der Waals surface area contributed by atoms with Gasteiger partial charge >= 0.3 is 0 Å². The summed E-state index contributed by atoms with van der Waals surface area (Å²) in [4.78, 5) is 12.4. The number of hydrogen-bond donors (Lipinski definition) is 1. The number of hydrogen-bond acceptors (Lipinski definition) is 2. The Morgan fingerprint density at radius 3 is 2.68 bits per heavy atom. The predicted octanol–water partition coefficient (Wildman–Crippen LogP) is 4.82. The summed E-state index contributed by atoms with van der Waals surface area (Å²) in [6, 6.07) is 15.1. The number of ether oxygens (including phenoxy) is 1. The molecule has 0 spiro atoms. The monoisotopic (exact) mass is 297 g/mol. The van der Waals surface area contributed by atoms with E-state index in [1.165, 1.54) is 0 Å². The molecule has 1 amide bonds. The summed E-state index contributed by atoms with van der Waals surface area (Å²) in [7, 11) is 0. The Morgan fingerprint density at radius 2 is 1.91 bits per heavy atom. The van der Waals surface area contributed by atoms with Crippen molar-refractivity contribution in [2.45, 2.75) is 33.1 Å². The second-order valence-electron chi connectivity index (χ2n) is 5.38. The Balaban J connectivity index is 2.05. The van der Waals surface area contributed by atoms with Crippen molar-refractivity contribution >= 4 is 11.6 Å². The lowest BCUT2D eigenvalue weighted by Crippen LogP contribution is -2.14. The number of para-hydroxylation sites is 1. The topological polar surface area (TPSA) is 38.3 Å². The Morgan fingerprint density at radius 1 is 1.09 bits per heavy atom. The maximum Gasteiger partial charge on any atom is 0.259 e. The number of amides is 1. The standard InChI is InChI=1S/C19H23NO2/c1-3-4-7-13-22-18-12-6-5-11-17(18)19(21)20-16-10-8-9-15(2)14-16/h5-6,8-12,14H,3-4,7,13H2,1-2H3,(H,20,21). The molecule has 0 unspecified atom stereocenters. The SMILES string of the molecule is CCCCCOc1ccccc1C(=O)Nc1cccc(C)c1. The summed E-state index contributed by atoms with van der Waals surface area (Å²) in [5, 5.41) is 2.92. The first-order chi connectivity index (χ1) is 10.7. The molecule has 3 nitrogen and oxygen atoms in total. The van der Waals surface area contributed by atoms with Gasteiger partial charge in [-0.15, -0.1) is 0 Å². The number of nitrogens with one attached hydrogen (secondary N) is 1. The third kappa shape index (κ3) is 4.62. The molecule has 0 fully saturated rings. The van der Waals surface area contributed by atoms with Crippen LogP contribution in [0.15, 0.2) is 48.5 Å². The van der Waals surface area contributed by atoms with E-state index in [1.54, 1.807) is 6.07 Å². The summed E-state index contributed by atoms with van der Waals surface area (Å²) in [5.41, 5.74) is 2.48. The third-order valence-electron chi connectivity index (χ3n) is 3.41. The van der Waals surface area contributed by atoms with Crippen LogP contribution in [0.3, 0.4) is 0 Å². The first-order valence-corrected chi connectivity index (χ1v) is 7.80. The molecule has 0 saturated heterocycles. The van der Waals surface area contributed by atoms with Crippen molar-refractivity contribution in [2.75, 3.05) is 11.9 Å². The van der Waals surface area contributed by atoms with E-state index >= 15 is 0 Å². The molecule has 116 valence electrons. The number of unbranched alkanes of at least 4 members (excludes halogenated alkanes) is 2. The Kier molecular flexibility index (Phi) is 6.01. The Hall–Kier alpha value is -2.29. The fourth-order valence-electron chi connectivity index (χ4n) is 2.24. The van der Waals surface area contributed by atoms with Gasteiger partial charge in [-0.1, -0.05) is 44.0 Å². The van der Waals surface area contributed by atoms with E-state index in [4.69, 9.17) is 4.74 Å². The smallest absolute Gasteiger partial charge is 0.259 e. The van der Waals surface area contributed by atoms with Crippen molar-refractivity contribution < 1.29 is 9.53 Å². The number of carbonyl (C=O) groups excluding carboxylic acids is 1. The van der Waals surface area contributed by atoms with Gasteiger partial charge in [0.05, 0.1) is 12.2 Å². The van der Waals surface area contributed by atoms with Gasteiger partial charge in [-0.25, -0.2) is 0 Å². The minimum absolute atomic E-state index is 0.142. The molecular weight excluding hydrogens is 274 g/mol. The second kappa shape index (κ2) is 8.23. The van der Waals surface area contributed by atoms with Gasteiger partial charge in [-0.05, 0) is 43.2 Å². The average Bonchev–Trinajstić information content (AvgIpc) is 2.52. The minimum atomic E-state index is -0.142. The molecule has 0 radical (unpaired) electrons. The first-order valence-electron chi connectivity index (χ1n) is 7.80. The van der Waals surface area contributed by atoms with Crippen molar-refractivity contribution in [1.29, 1.82) is 0 Å². The van der Waals surface area contributed by atoms with E-state index in [-0.39, 0.29) is 5.91 Å². The van der Waals surface area contributed by atoms with Crippen LogP contribution in [0.25, 0.3) is 0 Å². The molecule has 0 atom stereocenters. The van der Waals surface area contributed by atoms with Crippen molar-refractivity contribution in [2.24, 2.45) is 0 Å². The van der Waals surface area contributed by atoms with Gasteiger partial charge in [0, 0.05) is 5.69 Å². The van der Waals surface area contributed by atoms with Gasteiger partial charge in [-0.2, -0.15) is 0 Å². The summed E-state index contributed by atoms with van der Waals surface area (Å²) in [6.07, 6.45) is 3.29. The lowest BCUT2D eigenvalue weighted by Gasteiger charge is -2.12. The van der Waals surface area contributed by atoms with E-state index < -0.39 is 0 Å². The molecule has 2 rings (SSSR count). The van der Waals surface area contributed by atoms with E-state index in [2.05, 4.69) is 12.2 Å². The van der Waals surface area contributed by atoms with Crippen molar-refractivity contribution in [3.05, 3.63) is 59.7 Å². The van der Waals surface area contributed by atoms with Crippen LogP contribution in [-0.2, 0) is 0 Å². The first kappa shape index (κ1) is 16.1. The van der Waals surface area contributed by atoms with Crippen LogP contribution >= 0.6 is 0 Å². The van der Waals surface area contributed by atoms with Crippen LogP contribution in [0.5, 0.6) is 5.75 Å². The largest absolute Gasteiger partial charge is 0.493 e. The molecule has 0 aliphatic heterocycles. The van der Waals surface area contributed by atoms with Gasteiger partial charge in [0.2, 0.25) is 0 Å². The Bertz CT molecular complexity index is 622. The maximum absolute atomic E-state index is 12.4. The summed E-state index contributed by atoms with van der Waals surface area (Å²) in [6.45, 7) is 4.80. The molecule has 0 aromatic heterocycles. The van der Waals surface area contributed by atoms with E-state index in [0.29, 0.717) is 17.9 Å². The Labute approximate surface area is 132 Å². The summed E-state index contributed by atoms with van der Waals surface area (Å²) >= 11 is 0. The van der Waals surface area contributed by atoms with E-state index in [0.717, 1.165) is 30.5 Å². The number of aryl methyl sites for hydroxylation is 1. The van der Waals surface area contributed by atoms with Gasteiger partial charge in [-0.3, -0.25) is 4.79 Å². The fourth-order valence-corrected chi connectivity index (χ4v) is 2.24. The summed E-state index contributed by atoms with van der Waals surface area (Å²) < 4.78 is 5.76. The van der Waals surface area contributed by atoms with Crippen LogP contribution in [0.1, 0.15) is 42.1 Å². The van der Waals surface area contributed by atoms with Crippen molar-refractivity contribution in [3.63, 3.8) is 0 Å². The molecule has 2 aromatic rings. The highest BCUT2D eigenvalue weighted by molar-refractivity contribution is 6.06.